The van der Waals surface area contributed by atoms with Crippen LogP contribution in [0, 0.1) is 0 Å². The highest BCUT2D eigenvalue weighted by atomic mass is 32.2. The molecule has 1 N–H and O–H groups in total. The Hall–Kier alpha value is -1.92. The molecule has 23 heavy (non-hydrogen) atoms. The number of carbonyl (C=O) groups excluding carboxylic acids is 1. The van der Waals surface area contributed by atoms with Gasteiger partial charge in [0.2, 0.25) is 5.91 Å². The summed E-state index contributed by atoms with van der Waals surface area (Å²) >= 11 is 1.53. The van der Waals surface area contributed by atoms with Crippen LogP contribution in [0.25, 0.3) is 0 Å². The van der Waals surface area contributed by atoms with Gasteiger partial charge in [-0.15, -0.1) is 0 Å². The van der Waals surface area contributed by atoms with Crippen LogP contribution in [0.5, 0.6) is 0 Å². The van der Waals surface area contributed by atoms with Crippen molar-refractivity contribution in [1.29, 1.82) is 0 Å². The van der Waals surface area contributed by atoms with Crippen LogP contribution in [-0.2, 0) is 17.8 Å². The zero-order valence-corrected chi connectivity index (χ0v) is 13.9. The summed E-state index contributed by atoms with van der Waals surface area (Å²) in [6.07, 6.45) is 6.38. The Morgan fingerprint density at radius 2 is 1.96 bits per heavy atom. The minimum absolute atomic E-state index is 0.0988. The second-order valence-corrected chi connectivity index (χ2v) is 6.32. The molecule has 1 fully saturated rings. The van der Waals surface area contributed by atoms with Gasteiger partial charge in [0.15, 0.2) is 5.16 Å². The standard InChI is InChI=1S/C17H20N4OS/c1-23-17-19-10-14(11-20-17)12-21-8-7-18-16(22)15(21)9-13-5-3-2-4-6-13/h2-6,10-11,15H,7-9,12H2,1H3,(H,18,22)/t15-/m1/s1. The number of amides is 1. The van der Waals surface area contributed by atoms with Crippen LogP contribution in [-0.4, -0.2) is 46.2 Å². The van der Waals surface area contributed by atoms with Gasteiger partial charge in [-0.05, 0) is 18.2 Å². The first-order valence-corrected chi connectivity index (χ1v) is 8.89. The van der Waals surface area contributed by atoms with Crippen molar-refractivity contribution >= 4 is 17.7 Å². The predicted molar refractivity (Wildman–Crippen MR) is 91.2 cm³/mol. The molecule has 0 unspecified atom stereocenters. The Balaban J connectivity index is 1.73. The van der Waals surface area contributed by atoms with Gasteiger partial charge in [-0.2, -0.15) is 0 Å². The Kier molecular flexibility index (Phi) is 5.25. The molecule has 5 nitrogen and oxygen atoms in total. The summed E-state index contributed by atoms with van der Waals surface area (Å²) in [4.78, 5) is 23.2. The fourth-order valence-corrected chi connectivity index (χ4v) is 3.09. The minimum atomic E-state index is -0.147. The quantitative estimate of drug-likeness (QED) is 0.669. The fourth-order valence-electron chi connectivity index (χ4n) is 2.78. The molecule has 6 heteroatoms. The van der Waals surface area contributed by atoms with Crippen LogP contribution in [0.4, 0.5) is 0 Å². The van der Waals surface area contributed by atoms with E-state index < -0.39 is 0 Å². The van der Waals surface area contributed by atoms with E-state index in [2.05, 4.69) is 32.3 Å². The smallest absolute Gasteiger partial charge is 0.237 e. The van der Waals surface area contributed by atoms with E-state index in [1.54, 1.807) is 0 Å². The van der Waals surface area contributed by atoms with E-state index in [1.807, 2.05) is 36.8 Å². The molecule has 1 aliphatic heterocycles. The lowest BCUT2D eigenvalue weighted by Gasteiger charge is -2.35. The first-order valence-electron chi connectivity index (χ1n) is 7.67. The Morgan fingerprint density at radius 3 is 2.65 bits per heavy atom. The van der Waals surface area contributed by atoms with Crippen molar-refractivity contribution in [2.24, 2.45) is 0 Å². The second-order valence-electron chi connectivity index (χ2n) is 5.55. The van der Waals surface area contributed by atoms with E-state index in [-0.39, 0.29) is 11.9 Å². The average Bonchev–Trinajstić information content (AvgIpc) is 2.59. The summed E-state index contributed by atoms with van der Waals surface area (Å²) in [5.41, 5.74) is 2.21. The number of piperazine rings is 1. The third kappa shape index (κ3) is 4.09. The molecule has 0 aliphatic carbocycles. The number of nitrogens with one attached hydrogen (secondary N) is 1. The molecule has 1 aromatic carbocycles. The number of thioether (sulfide) groups is 1. The van der Waals surface area contributed by atoms with Crippen molar-refractivity contribution in [3.63, 3.8) is 0 Å². The van der Waals surface area contributed by atoms with Crippen molar-refractivity contribution < 1.29 is 4.79 Å². The molecule has 0 radical (unpaired) electrons. The first kappa shape index (κ1) is 16.0. The van der Waals surface area contributed by atoms with E-state index in [4.69, 9.17) is 0 Å². The van der Waals surface area contributed by atoms with E-state index in [0.717, 1.165) is 23.7 Å². The normalized spacial score (nSPS) is 18.7. The molecule has 1 atom stereocenters. The van der Waals surface area contributed by atoms with Crippen LogP contribution in [0.3, 0.4) is 0 Å². The summed E-state index contributed by atoms with van der Waals surface area (Å²) in [5.74, 6) is 0.0988. The molecule has 3 rings (SSSR count). The Labute approximate surface area is 140 Å². The molecule has 2 heterocycles. The number of carbonyl (C=O) groups is 1. The van der Waals surface area contributed by atoms with Crippen molar-refractivity contribution in [1.82, 2.24) is 20.2 Å². The van der Waals surface area contributed by atoms with Gasteiger partial charge in [0.1, 0.15) is 0 Å². The molecule has 1 aromatic heterocycles. The highest BCUT2D eigenvalue weighted by molar-refractivity contribution is 7.98. The first-order chi connectivity index (χ1) is 11.3. The van der Waals surface area contributed by atoms with E-state index in [1.165, 1.54) is 17.3 Å². The third-order valence-corrected chi connectivity index (χ3v) is 4.54. The summed E-state index contributed by atoms with van der Waals surface area (Å²) in [6.45, 7) is 2.22. The largest absolute Gasteiger partial charge is 0.353 e. The summed E-state index contributed by atoms with van der Waals surface area (Å²) in [7, 11) is 0. The topological polar surface area (TPSA) is 58.1 Å². The monoisotopic (exact) mass is 328 g/mol. The Morgan fingerprint density at radius 1 is 1.22 bits per heavy atom. The van der Waals surface area contributed by atoms with Crippen molar-refractivity contribution in [2.75, 3.05) is 19.3 Å². The van der Waals surface area contributed by atoms with Gasteiger partial charge >= 0.3 is 0 Å². The average molecular weight is 328 g/mol. The van der Waals surface area contributed by atoms with Gasteiger partial charge in [-0.1, -0.05) is 42.1 Å². The predicted octanol–water partition coefficient (Wildman–Crippen LogP) is 1.74. The Bertz CT molecular complexity index is 647. The lowest BCUT2D eigenvalue weighted by Crippen LogP contribution is -2.55. The van der Waals surface area contributed by atoms with Crippen LogP contribution < -0.4 is 5.32 Å². The number of hydrogen-bond acceptors (Lipinski definition) is 5. The van der Waals surface area contributed by atoms with Crippen LogP contribution in [0.1, 0.15) is 11.1 Å². The molecular formula is C17H20N4OS. The zero-order chi connectivity index (χ0) is 16.1. The fraction of sp³-hybridized carbons (Fsp3) is 0.353. The molecule has 1 saturated heterocycles. The lowest BCUT2D eigenvalue weighted by atomic mass is 10.0. The second kappa shape index (κ2) is 7.57. The van der Waals surface area contributed by atoms with E-state index in [9.17, 15) is 4.79 Å². The van der Waals surface area contributed by atoms with Gasteiger partial charge in [-0.25, -0.2) is 9.97 Å². The van der Waals surface area contributed by atoms with Crippen molar-refractivity contribution in [2.45, 2.75) is 24.2 Å². The summed E-state index contributed by atoms with van der Waals surface area (Å²) < 4.78 is 0. The van der Waals surface area contributed by atoms with Gasteiger partial charge in [0.25, 0.3) is 0 Å². The summed E-state index contributed by atoms with van der Waals surface area (Å²) in [6, 6.07) is 10.00. The number of rotatable bonds is 5. The van der Waals surface area contributed by atoms with Crippen LogP contribution in [0.15, 0.2) is 47.9 Å². The van der Waals surface area contributed by atoms with Gasteiger partial charge in [-0.3, -0.25) is 9.69 Å². The third-order valence-electron chi connectivity index (χ3n) is 3.96. The van der Waals surface area contributed by atoms with Crippen molar-refractivity contribution in [3.8, 4) is 0 Å². The lowest BCUT2D eigenvalue weighted by molar-refractivity contribution is -0.129. The zero-order valence-electron chi connectivity index (χ0n) is 13.1. The van der Waals surface area contributed by atoms with E-state index >= 15 is 0 Å². The maximum Gasteiger partial charge on any atom is 0.237 e. The van der Waals surface area contributed by atoms with Gasteiger partial charge in [0.05, 0.1) is 6.04 Å². The van der Waals surface area contributed by atoms with Crippen LogP contribution in [0.2, 0.25) is 0 Å². The van der Waals surface area contributed by atoms with Crippen LogP contribution >= 0.6 is 11.8 Å². The molecule has 1 aliphatic rings. The molecule has 0 saturated carbocycles. The highest BCUT2D eigenvalue weighted by Crippen LogP contribution is 2.16. The maximum atomic E-state index is 12.3. The molecule has 120 valence electrons. The molecular weight excluding hydrogens is 308 g/mol. The minimum Gasteiger partial charge on any atom is -0.353 e. The SMILES string of the molecule is CSc1ncc(CN2CCNC(=O)[C@H]2Cc2ccccc2)cn1. The number of nitrogens with zero attached hydrogens (tertiary/aromatic N) is 3. The maximum absolute atomic E-state index is 12.3. The summed E-state index contributed by atoms with van der Waals surface area (Å²) in [5, 5.41) is 3.74. The molecule has 0 spiro atoms. The highest BCUT2D eigenvalue weighted by Gasteiger charge is 2.29. The van der Waals surface area contributed by atoms with Crippen molar-refractivity contribution in [3.05, 3.63) is 53.9 Å². The molecule has 2 aromatic rings. The van der Waals surface area contributed by atoms with Gasteiger partial charge in [0, 0.05) is 37.6 Å². The number of hydrogen-bond donors (Lipinski definition) is 1. The molecule has 0 bridgehead atoms. The molecule has 1 amide bonds. The number of aromatic nitrogens is 2. The number of benzene rings is 1. The van der Waals surface area contributed by atoms with Gasteiger partial charge < -0.3 is 5.32 Å². The van der Waals surface area contributed by atoms with E-state index in [0.29, 0.717) is 13.1 Å².